The molecule has 3 heterocycles. The van der Waals surface area contributed by atoms with Gasteiger partial charge in [-0.2, -0.15) is 0 Å². The summed E-state index contributed by atoms with van der Waals surface area (Å²) < 4.78 is 0. The number of nitrogens with zero attached hydrogens (tertiary/aromatic N) is 3. The largest absolute Gasteiger partial charge is 0.360 e. The number of fused-ring (bicyclic) bond motifs is 1. The van der Waals surface area contributed by atoms with Crippen molar-refractivity contribution in [2.45, 2.75) is 31.7 Å². The van der Waals surface area contributed by atoms with Crippen LogP contribution in [0.15, 0.2) is 18.3 Å². The number of hydrogen-bond donors (Lipinski definition) is 1. The average Bonchev–Trinajstić information content (AvgIpc) is 3.18. The molecule has 23 heavy (non-hydrogen) atoms. The molecule has 0 unspecified atom stereocenters. The summed E-state index contributed by atoms with van der Waals surface area (Å²) in [7, 11) is 0. The molecule has 6 nitrogen and oxygen atoms in total. The Morgan fingerprint density at radius 2 is 2.17 bits per heavy atom. The molecule has 1 saturated carbocycles. The number of hydrogen-bond acceptors (Lipinski definition) is 4. The molecule has 3 aliphatic rings. The first-order chi connectivity index (χ1) is 11.2. The zero-order valence-corrected chi connectivity index (χ0v) is 13.2. The molecule has 4 rings (SSSR count). The number of rotatable bonds is 2. The first-order valence-corrected chi connectivity index (χ1v) is 8.51. The van der Waals surface area contributed by atoms with Crippen LogP contribution in [0.4, 0.5) is 5.69 Å². The van der Waals surface area contributed by atoms with Crippen molar-refractivity contribution in [3.8, 4) is 0 Å². The molecular formula is C17H22N4O2. The van der Waals surface area contributed by atoms with E-state index in [0.29, 0.717) is 30.7 Å². The van der Waals surface area contributed by atoms with Gasteiger partial charge >= 0.3 is 0 Å². The van der Waals surface area contributed by atoms with Gasteiger partial charge in [-0.05, 0) is 37.3 Å². The average molecular weight is 314 g/mol. The Morgan fingerprint density at radius 3 is 3.04 bits per heavy atom. The smallest absolute Gasteiger partial charge is 0.272 e. The van der Waals surface area contributed by atoms with Gasteiger partial charge in [0, 0.05) is 37.6 Å². The minimum absolute atomic E-state index is 0.0225. The van der Waals surface area contributed by atoms with Crippen molar-refractivity contribution >= 4 is 17.5 Å². The zero-order valence-electron chi connectivity index (χ0n) is 13.2. The Kier molecular flexibility index (Phi) is 3.67. The predicted octanol–water partition coefficient (Wildman–Crippen LogP) is 1.03. The van der Waals surface area contributed by atoms with Crippen LogP contribution in [-0.4, -0.2) is 53.9 Å². The predicted molar refractivity (Wildman–Crippen MR) is 86.2 cm³/mol. The summed E-state index contributed by atoms with van der Waals surface area (Å²) in [6.07, 6.45) is 6.42. The van der Waals surface area contributed by atoms with Gasteiger partial charge in [0.25, 0.3) is 5.91 Å². The van der Waals surface area contributed by atoms with E-state index < -0.39 is 0 Å². The molecule has 1 aromatic heterocycles. The van der Waals surface area contributed by atoms with Gasteiger partial charge in [-0.25, -0.2) is 0 Å². The number of likely N-dealkylation sites (tertiary alicyclic amines) is 1. The van der Waals surface area contributed by atoms with Crippen molar-refractivity contribution < 1.29 is 9.59 Å². The topological polar surface area (TPSA) is 65.5 Å². The second kappa shape index (κ2) is 5.83. The first kappa shape index (κ1) is 14.5. The quantitative estimate of drug-likeness (QED) is 0.885. The van der Waals surface area contributed by atoms with Crippen LogP contribution in [0, 0.1) is 5.92 Å². The third-order valence-electron chi connectivity index (χ3n) is 5.39. The van der Waals surface area contributed by atoms with Gasteiger partial charge in [0.1, 0.15) is 5.69 Å². The van der Waals surface area contributed by atoms with E-state index in [1.165, 1.54) is 12.8 Å². The van der Waals surface area contributed by atoms with Gasteiger partial charge in [0.15, 0.2) is 0 Å². The first-order valence-electron chi connectivity index (χ1n) is 8.51. The fourth-order valence-corrected chi connectivity index (χ4v) is 4.23. The summed E-state index contributed by atoms with van der Waals surface area (Å²) in [5, 5.41) is 2.82. The molecule has 1 aliphatic carbocycles. The van der Waals surface area contributed by atoms with E-state index in [2.05, 4.69) is 10.3 Å². The Labute approximate surface area is 135 Å². The van der Waals surface area contributed by atoms with Crippen LogP contribution in [0.5, 0.6) is 0 Å². The van der Waals surface area contributed by atoms with Gasteiger partial charge in [-0.15, -0.1) is 0 Å². The number of nitrogens with one attached hydrogen (secondary N) is 1. The van der Waals surface area contributed by atoms with Gasteiger partial charge in [-0.3, -0.25) is 14.6 Å². The minimum Gasteiger partial charge on any atom is -0.360 e. The minimum atomic E-state index is 0.0225. The molecule has 3 fully saturated rings. The van der Waals surface area contributed by atoms with E-state index in [1.807, 2.05) is 21.9 Å². The van der Waals surface area contributed by atoms with Crippen LogP contribution in [0.3, 0.4) is 0 Å². The number of anilines is 1. The lowest BCUT2D eigenvalue weighted by Gasteiger charge is -2.29. The molecule has 122 valence electrons. The van der Waals surface area contributed by atoms with E-state index in [0.717, 1.165) is 31.6 Å². The fraction of sp³-hybridized carbons (Fsp3) is 0.588. The molecule has 2 saturated heterocycles. The van der Waals surface area contributed by atoms with Crippen molar-refractivity contribution in [2.24, 2.45) is 5.92 Å². The fourth-order valence-electron chi connectivity index (χ4n) is 4.23. The molecule has 1 N–H and O–H groups in total. The van der Waals surface area contributed by atoms with Gasteiger partial charge in [0.05, 0.1) is 6.54 Å². The number of carbonyl (C=O) groups excluding carboxylic acids is 2. The van der Waals surface area contributed by atoms with Crippen molar-refractivity contribution in [3.05, 3.63) is 24.0 Å². The molecule has 0 radical (unpaired) electrons. The molecular weight excluding hydrogens is 292 g/mol. The van der Waals surface area contributed by atoms with Crippen molar-refractivity contribution in [1.82, 2.24) is 15.2 Å². The normalized spacial score (nSPS) is 27.0. The molecule has 0 spiro atoms. The number of aromatic nitrogens is 1. The molecule has 2 atom stereocenters. The van der Waals surface area contributed by atoms with Crippen molar-refractivity contribution in [3.63, 3.8) is 0 Å². The molecule has 2 aliphatic heterocycles. The second-order valence-electron chi connectivity index (χ2n) is 6.72. The molecule has 2 amide bonds. The van der Waals surface area contributed by atoms with Gasteiger partial charge < -0.3 is 15.1 Å². The van der Waals surface area contributed by atoms with Crippen molar-refractivity contribution in [1.29, 1.82) is 0 Å². The standard InChI is InChI=1S/C17H22N4O2/c22-16-11-20(9-7-19-16)13-4-6-18-14(10-13)17(23)21-8-5-12-2-1-3-15(12)21/h4,6,10,12,15H,1-3,5,7-9,11H2,(H,19,22)/t12-,15-/m0/s1. The van der Waals surface area contributed by atoms with Crippen LogP contribution < -0.4 is 10.2 Å². The lowest BCUT2D eigenvalue weighted by Crippen LogP contribution is -2.47. The Morgan fingerprint density at radius 1 is 1.26 bits per heavy atom. The summed E-state index contributed by atoms with van der Waals surface area (Å²) in [5.74, 6) is 0.755. The highest BCUT2D eigenvalue weighted by atomic mass is 16.2. The maximum absolute atomic E-state index is 12.9. The lowest BCUT2D eigenvalue weighted by atomic mass is 10.0. The highest BCUT2D eigenvalue weighted by Gasteiger charge is 2.40. The number of piperazine rings is 1. The van der Waals surface area contributed by atoms with E-state index in [4.69, 9.17) is 0 Å². The van der Waals surface area contributed by atoms with E-state index in [9.17, 15) is 9.59 Å². The summed E-state index contributed by atoms with van der Waals surface area (Å²) in [5.41, 5.74) is 1.40. The third kappa shape index (κ3) is 2.66. The number of pyridine rings is 1. The highest BCUT2D eigenvalue weighted by molar-refractivity contribution is 5.94. The summed E-state index contributed by atoms with van der Waals surface area (Å²) in [4.78, 5) is 32.7. The summed E-state index contributed by atoms with van der Waals surface area (Å²) in [6.45, 7) is 2.59. The van der Waals surface area contributed by atoms with Gasteiger partial charge in [0.2, 0.25) is 5.91 Å². The number of amides is 2. The maximum Gasteiger partial charge on any atom is 0.272 e. The van der Waals surface area contributed by atoms with E-state index in [1.54, 1.807) is 6.20 Å². The van der Waals surface area contributed by atoms with Crippen LogP contribution in [-0.2, 0) is 4.79 Å². The molecule has 0 aromatic carbocycles. The molecule has 1 aromatic rings. The Hall–Kier alpha value is -2.11. The van der Waals surface area contributed by atoms with E-state index in [-0.39, 0.29) is 11.8 Å². The van der Waals surface area contributed by atoms with E-state index >= 15 is 0 Å². The summed E-state index contributed by atoms with van der Waals surface area (Å²) in [6, 6.07) is 4.12. The maximum atomic E-state index is 12.9. The zero-order chi connectivity index (χ0) is 15.8. The molecule has 6 heteroatoms. The SMILES string of the molecule is O=C1CN(c2ccnc(C(=O)N3CC[C@@H]4CCC[C@@H]43)c2)CCN1. The van der Waals surface area contributed by atoms with Crippen LogP contribution in [0.1, 0.15) is 36.2 Å². The van der Waals surface area contributed by atoms with Crippen LogP contribution in [0.25, 0.3) is 0 Å². The second-order valence-corrected chi connectivity index (χ2v) is 6.72. The Balaban J connectivity index is 1.54. The summed E-state index contributed by atoms with van der Waals surface area (Å²) >= 11 is 0. The van der Waals surface area contributed by atoms with Crippen LogP contribution >= 0.6 is 0 Å². The lowest BCUT2D eigenvalue weighted by molar-refractivity contribution is -0.120. The monoisotopic (exact) mass is 314 g/mol. The highest BCUT2D eigenvalue weighted by Crippen LogP contribution is 2.38. The third-order valence-corrected chi connectivity index (χ3v) is 5.39. The Bertz CT molecular complexity index is 633. The van der Waals surface area contributed by atoms with Crippen molar-refractivity contribution in [2.75, 3.05) is 31.1 Å². The van der Waals surface area contributed by atoms with Crippen LogP contribution in [0.2, 0.25) is 0 Å². The number of carbonyl (C=O) groups is 2. The molecule has 0 bridgehead atoms. The van der Waals surface area contributed by atoms with Gasteiger partial charge in [-0.1, -0.05) is 6.42 Å².